The van der Waals surface area contributed by atoms with Gasteiger partial charge in [-0.25, -0.2) is 0 Å². The molecule has 3 aromatic rings. The van der Waals surface area contributed by atoms with Crippen molar-refractivity contribution in [1.29, 1.82) is 0 Å². The van der Waals surface area contributed by atoms with Crippen LogP contribution < -0.4 is 5.32 Å². The molecular formula is C11H13ClN8. The lowest BCUT2D eigenvalue weighted by Crippen LogP contribution is -2.12. The molecule has 0 aromatic carbocycles. The van der Waals surface area contributed by atoms with Gasteiger partial charge in [0.2, 0.25) is 0 Å². The number of fused-ring (bicyclic) bond motifs is 1. The molecular weight excluding hydrogens is 280 g/mol. The van der Waals surface area contributed by atoms with E-state index in [1.165, 1.54) is 6.33 Å². The SMILES string of the molecule is Cc1c(Cl)nc2ncnn2c1NCCCn1ccnn1. The summed E-state index contributed by atoms with van der Waals surface area (Å²) in [6.07, 6.45) is 5.86. The highest BCUT2D eigenvalue weighted by Gasteiger charge is 2.11. The topological polar surface area (TPSA) is 85.8 Å². The van der Waals surface area contributed by atoms with Crippen LogP contribution in [0.2, 0.25) is 5.15 Å². The van der Waals surface area contributed by atoms with Crippen LogP contribution in [0.1, 0.15) is 12.0 Å². The molecule has 3 heterocycles. The van der Waals surface area contributed by atoms with Crippen molar-refractivity contribution in [3.05, 3.63) is 29.4 Å². The third-order valence-electron chi connectivity index (χ3n) is 2.93. The van der Waals surface area contributed by atoms with Crippen LogP contribution in [0.25, 0.3) is 5.78 Å². The fourth-order valence-corrected chi connectivity index (χ4v) is 2.07. The van der Waals surface area contributed by atoms with Crippen LogP contribution in [0, 0.1) is 6.92 Å². The molecule has 0 aliphatic rings. The molecule has 0 aliphatic heterocycles. The first-order valence-corrected chi connectivity index (χ1v) is 6.57. The maximum atomic E-state index is 6.09. The van der Waals surface area contributed by atoms with Crippen molar-refractivity contribution >= 4 is 23.2 Å². The Morgan fingerprint density at radius 3 is 3.10 bits per heavy atom. The quantitative estimate of drug-likeness (QED) is 0.561. The van der Waals surface area contributed by atoms with Gasteiger partial charge in [0, 0.05) is 24.8 Å². The lowest BCUT2D eigenvalue weighted by molar-refractivity contribution is 0.569. The van der Waals surface area contributed by atoms with Gasteiger partial charge >= 0.3 is 0 Å². The van der Waals surface area contributed by atoms with Gasteiger partial charge < -0.3 is 5.32 Å². The van der Waals surface area contributed by atoms with Crippen LogP contribution in [0.3, 0.4) is 0 Å². The predicted octanol–water partition coefficient (Wildman–Crippen LogP) is 1.18. The van der Waals surface area contributed by atoms with E-state index in [1.54, 1.807) is 15.4 Å². The summed E-state index contributed by atoms with van der Waals surface area (Å²) in [5, 5.41) is 15.6. The van der Waals surface area contributed by atoms with Crippen molar-refractivity contribution in [2.75, 3.05) is 11.9 Å². The summed E-state index contributed by atoms with van der Waals surface area (Å²) in [5.74, 6) is 1.30. The zero-order valence-electron chi connectivity index (χ0n) is 10.9. The van der Waals surface area contributed by atoms with E-state index < -0.39 is 0 Å². The van der Waals surface area contributed by atoms with E-state index in [9.17, 15) is 0 Å². The van der Waals surface area contributed by atoms with Crippen molar-refractivity contribution in [2.24, 2.45) is 0 Å². The second kappa shape index (κ2) is 5.41. The van der Waals surface area contributed by atoms with E-state index in [4.69, 9.17) is 11.6 Å². The van der Waals surface area contributed by atoms with E-state index in [2.05, 4.69) is 30.7 Å². The molecule has 0 radical (unpaired) electrons. The van der Waals surface area contributed by atoms with Crippen LogP contribution in [0.5, 0.6) is 0 Å². The Hall–Kier alpha value is -2.22. The van der Waals surface area contributed by atoms with Crippen molar-refractivity contribution < 1.29 is 0 Å². The molecule has 8 nitrogen and oxygen atoms in total. The number of nitrogens with zero attached hydrogens (tertiary/aromatic N) is 7. The van der Waals surface area contributed by atoms with Crippen molar-refractivity contribution in [2.45, 2.75) is 19.9 Å². The van der Waals surface area contributed by atoms with Crippen LogP contribution in [-0.4, -0.2) is 41.1 Å². The van der Waals surface area contributed by atoms with Gasteiger partial charge in [0.25, 0.3) is 5.78 Å². The lowest BCUT2D eigenvalue weighted by atomic mass is 10.3. The van der Waals surface area contributed by atoms with Crippen molar-refractivity contribution in [1.82, 2.24) is 34.6 Å². The number of hydrogen-bond donors (Lipinski definition) is 1. The van der Waals surface area contributed by atoms with Gasteiger partial charge in [-0.1, -0.05) is 16.8 Å². The van der Waals surface area contributed by atoms with Gasteiger partial charge in [-0.15, -0.1) is 5.10 Å². The standard InChI is InChI=1S/C11H13ClN8/c1-8-9(12)17-11-14-7-16-20(11)10(8)13-3-2-5-19-6-4-15-18-19/h4,6-7,13H,2-3,5H2,1H3. The summed E-state index contributed by atoms with van der Waals surface area (Å²) < 4.78 is 3.44. The molecule has 9 heteroatoms. The zero-order chi connectivity index (χ0) is 13.9. The largest absolute Gasteiger partial charge is 0.370 e. The first-order valence-electron chi connectivity index (χ1n) is 6.19. The molecule has 1 N–H and O–H groups in total. The Balaban J connectivity index is 1.70. The Bertz CT molecular complexity index is 705. The maximum Gasteiger partial charge on any atom is 0.255 e. The fourth-order valence-electron chi connectivity index (χ4n) is 1.90. The molecule has 0 unspecified atom stereocenters. The van der Waals surface area contributed by atoms with Gasteiger partial charge in [-0.3, -0.25) is 4.68 Å². The number of hydrogen-bond acceptors (Lipinski definition) is 6. The third kappa shape index (κ3) is 2.42. The summed E-state index contributed by atoms with van der Waals surface area (Å²) in [4.78, 5) is 8.20. The average molecular weight is 293 g/mol. The van der Waals surface area contributed by atoms with Crippen LogP contribution >= 0.6 is 11.6 Å². The molecule has 0 saturated heterocycles. The molecule has 20 heavy (non-hydrogen) atoms. The predicted molar refractivity (Wildman–Crippen MR) is 73.7 cm³/mol. The number of halogens is 1. The van der Waals surface area contributed by atoms with Crippen molar-refractivity contribution in [3.8, 4) is 0 Å². The summed E-state index contributed by atoms with van der Waals surface area (Å²) in [5.41, 5.74) is 0.852. The second-order valence-corrected chi connectivity index (χ2v) is 4.65. The van der Waals surface area contributed by atoms with Gasteiger partial charge in [0.1, 0.15) is 17.3 Å². The van der Waals surface area contributed by atoms with Gasteiger partial charge in [0.15, 0.2) is 0 Å². The van der Waals surface area contributed by atoms with E-state index in [1.807, 2.05) is 13.1 Å². The number of aromatic nitrogens is 7. The molecule has 0 bridgehead atoms. The molecule has 104 valence electrons. The Kier molecular flexibility index (Phi) is 3.46. The third-order valence-corrected chi connectivity index (χ3v) is 3.30. The van der Waals surface area contributed by atoms with Crippen LogP contribution in [-0.2, 0) is 6.54 Å². The highest BCUT2D eigenvalue weighted by atomic mass is 35.5. The Labute approximate surface area is 119 Å². The summed E-state index contributed by atoms with van der Waals surface area (Å²) in [6.45, 7) is 3.46. The summed E-state index contributed by atoms with van der Waals surface area (Å²) in [7, 11) is 0. The van der Waals surface area contributed by atoms with Gasteiger partial charge in [-0.2, -0.15) is 19.6 Å². The normalized spacial score (nSPS) is 11.1. The molecule has 0 saturated carbocycles. The molecule has 3 aromatic heterocycles. The molecule has 0 spiro atoms. The minimum absolute atomic E-state index is 0.435. The van der Waals surface area contributed by atoms with Gasteiger partial charge in [0.05, 0.1) is 6.20 Å². The zero-order valence-corrected chi connectivity index (χ0v) is 11.6. The lowest BCUT2D eigenvalue weighted by Gasteiger charge is -2.11. The maximum absolute atomic E-state index is 6.09. The second-order valence-electron chi connectivity index (χ2n) is 4.29. The van der Waals surface area contributed by atoms with E-state index in [0.29, 0.717) is 10.9 Å². The summed E-state index contributed by atoms with van der Waals surface area (Å²) >= 11 is 6.09. The molecule has 0 atom stereocenters. The first kappa shape index (κ1) is 12.8. The fraction of sp³-hybridized carbons (Fsp3) is 0.364. The monoisotopic (exact) mass is 292 g/mol. The first-order chi connectivity index (χ1) is 9.75. The highest BCUT2D eigenvalue weighted by Crippen LogP contribution is 2.21. The Morgan fingerprint density at radius 2 is 2.30 bits per heavy atom. The number of aryl methyl sites for hydroxylation is 1. The average Bonchev–Trinajstić information content (AvgIpc) is 3.09. The summed E-state index contributed by atoms with van der Waals surface area (Å²) in [6, 6.07) is 0. The number of nitrogens with one attached hydrogen (secondary N) is 1. The molecule has 3 rings (SSSR count). The van der Waals surface area contributed by atoms with Crippen LogP contribution in [0.4, 0.5) is 5.82 Å². The van der Waals surface area contributed by atoms with E-state index in [-0.39, 0.29) is 0 Å². The minimum Gasteiger partial charge on any atom is -0.370 e. The minimum atomic E-state index is 0.435. The molecule has 0 aliphatic carbocycles. The van der Waals surface area contributed by atoms with E-state index in [0.717, 1.165) is 30.9 Å². The van der Waals surface area contributed by atoms with Gasteiger partial charge in [-0.05, 0) is 13.3 Å². The number of rotatable bonds is 5. The highest BCUT2D eigenvalue weighted by molar-refractivity contribution is 6.30. The smallest absolute Gasteiger partial charge is 0.255 e. The van der Waals surface area contributed by atoms with Crippen LogP contribution in [0.15, 0.2) is 18.7 Å². The molecule has 0 amide bonds. The van der Waals surface area contributed by atoms with E-state index >= 15 is 0 Å². The van der Waals surface area contributed by atoms with Crippen molar-refractivity contribution in [3.63, 3.8) is 0 Å². The number of anilines is 1. The molecule has 0 fully saturated rings. The Morgan fingerprint density at radius 1 is 1.40 bits per heavy atom.